The average Bonchev–Trinajstić information content (AvgIpc) is 3.59. The van der Waals surface area contributed by atoms with Crippen LogP contribution in [0.2, 0.25) is 0 Å². The fraction of sp³-hybridized carbons (Fsp3) is 0. The van der Waals surface area contributed by atoms with E-state index in [-0.39, 0.29) is 0 Å². The van der Waals surface area contributed by atoms with E-state index in [1.165, 1.54) is 60.4 Å². The van der Waals surface area contributed by atoms with Gasteiger partial charge in [-0.25, -0.2) is 0 Å². The zero-order valence-corrected chi connectivity index (χ0v) is 29.7. The topological polar surface area (TPSA) is 8.17 Å². The number of nitrogens with zero attached hydrogens (tertiary/aromatic N) is 2. The number of aromatic nitrogens is 1. The Labute approximate surface area is 315 Å². The quantitative estimate of drug-likeness (QED) is 0.162. The SMILES string of the molecule is c1ccc(-c2ccc(N(c3cccc(-c4ccccc4)c3)c3ccc4c5c(-c6cccc7ccccc67)cccc5n(-c5ccccc5)c4c3)cc2)cc1. The molecule has 9 aromatic carbocycles. The molecule has 0 amide bonds. The van der Waals surface area contributed by atoms with Gasteiger partial charge in [0.1, 0.15) is 0 Å². The van der Waals surface area contributed by atoms with Crippen LogP contribution in [0.1, 0.15) is 0 Å². The van der Waals surface area contributed by atoms with E-state index in [1.807, 2.05) is 0 Å². The van der Waals surface area contributed by atoms with E-state index < -0.39 is 0 Å². The summed E-state index contributed by atoms with van der Waals surface area (Å²) >= 11 is 0. The van der Waals surface area contributed by atoms with E-state index in [0.29, 0.717) is 0 Å². The molecule has 0 aliphatic rings. The third-order valence-corrected chi connectivity index (χ3v) is 10.6. The molecule has 1 heterocycles. The number of fused-ring (bicyclic) bond motifs is 4. The molecule has 0 bridgehead atoms. The Kier molecular flexibility index (Phi) is 7.85. The minimum absolute atomic E-state index is 1.09. The lowest BCUT2D eigenvalue weighted by Gasteiger charge is -2.26. The molecule has 0 saturated carbocycles. The Morgan fingerprint density at radius 1 is 0.315 bits per heavy atom. The molecular weight excluding hydrogens is 653 g/mol. The fourth-order valence-electron chi connectivity index (χ4n) is 8.07. The third kappa shape index (κ3) is 5.53. The first-order chi connectivity index (χ1) is 26.8. The van der Waals surface area contributed by atoms with E-state index in [0.717, 1.165) is 28.3 Å². The summed E-state index contributed by atoms with van der Waals surface area (Å²) in [6.45, 7) is 0. The Balaban J connectivity index is 1.22. The lowest BCUT2D eigenvalue weighted by Crippen LogP contribution is -2.10. The van der Waals surface area contributed by atoms with Gasteiger partial charge >= 0.3 is 0 Å². The van der Waals surface area contributed by atoms with Gasteiger partial charge in [-0.15, -0.1) is 0 Å². The van der Waals surface area contributed by atoms with Crippen LogP contribution in [0.15, 0.2) is 218 Å². The highest BCUT2D eigenvalue weighted by molar-refractivity contribution is 6.18. The molecule has 0 radical (unpaired) electrons. The second-order valence-corrected chi connectivity index (χ2v) is 13.8. The van der Waals surface area contributed by atoms with Gasteiger partial charge in [0.2, 0.25) is 0 Å². The molecule has 0 aliphatic heterocycles. The van der Waals surface area contributed by atoms with E-state index in [2.05, 4.69) is 228 Å². The summed E-state index contributed by atoms with van der Waals surface area (Å²) in [5.74, 6) is 0. The minimum Gasteiger partial charge on any atom is -0.310 e. The van der Waals surface area contributed by atoms with Crippen molar-refractivity contribution in [2.45, 2.75) is 0 Å². The molecule has 0 saturated heterocycles. The Hall–Kier alpha value is -7.16. The zero-order chi connectivity index (χ0) is 35.8. The van der Waals surface area contributed by atoms with Crippen LogP contribution in [0.4, 0.5) is 17.1 Å². The first-order valence-corrected chi connectivity index (χ1v) is 18.5. The average molecular weight is 689 g/mol. The van der Waals surface area contributed by atoms with Gasteiger partial charge in [-0.05, 0) is 98.8 Å². The van der Waals surface area contributed by atoms with Gasteiger partial charge in [0.15, 0.2) is 0 Å². The van der Waals surface area contributed by atoms with Gasteiger partial charge in [-0.3, -0.25) is 0 Å². The van der Waals surface area contributed by atoms with Crippen molar-refractivity contribution in [2.75, 3.05) is 4.90 Å². The normalized spacial score (nSPS) is 11.3. The first-order valence-electron chi connectivity index (χ1n) is 18.5. The fourth-order valence-corrected chi connectivity index (χ4v) is 8.07. The van der Waals surface area contributed by atoms with Crippen molar-refractivity contribution in [3.05, 3.63) is 218 Å². The lowest BCUT2D eigenvalue weighted by molar-refractivity contribution is 1.18. The monoisotopic (exact) mass is 688 g/mol. The molecule has 254 valence electrons. The molecule has 0 aliphatic carbocycles. The van der Waals surface area contributed by atoms with Crippen LogP contribution in [0.5, 0.6) is 0 Å². The van der Waals surface area contributed by atoms with Crippen LogP contribution in [0, 0.1) is 0 Å². The molecule has 0 fully saturated rings. The molecule has 0 N–H and O–H groups in total. The van der Waals surface area contributed by atoms with Crippen molar-refractivity contribution in [3.63, 3.8) is 0 Å². The highest BCUT2D eigenvalue weighted by atomic mass is 15.1. The Morgan fingerprint density at radius 3 is 1.65 bits per heavy atom. The molecule has 0 spiro atoms. The van der Waals surface area contributed by atoms with Crippen molar-refractivity contribution >= 4 is 49.6 Å². The summed E-state index contributed by atoms with van der Waals surface area (Å²) in [5.41, 5.74) is 14.0. The molecule has 0 atom stereocenters. The first kappa shape index (κ1) is 31.6. The minimum atomic E-state index is 1.09. The third-order valence-electron chi connectivity index (χ3n) is 10.6. The number of para-hydroxylation sites is 1. The molecule has 1 aromatic heterocycles. The van der Waals surface area contributed by atoms with Crippen molar-refractivity contribution in [1.29, 1.82) is 0 Å². The van der Waals surface area contributed by atoms with Gasteiger partial charge in [-0.2, -0.15) is 0 Å². The van der Waals surface area contributed by atoms with Crippen molar-refractivity contribution in [3.8, 4) is 39.1 Å². The van der Waals surface area contributed by atoms with E-state index in [1.54, 1.807) is 0 Å². The number of hydrogen-bond acceptors (Lipinski definition) is 1. The largest absolute Gasteiger partial charge is 0.310 e. The highest BCUT2D eigenvalue weighted by Gasteiger charge is 2.20. The zero-order valence-electron chi connectivity index (χ0n) is 29.7. The number of anilines is 3. The molecule has 10 rings (SSSR count). The second kappa shape index (κ2) is 13.4. The van der Waals surface area contributed by atoms with Crippen molar-refractivity contribution in [2.24, 2.45) is 0 Å². The maximum absolute atomic E-state index is 2.43. The standard InChI is InChI=1S/C52H36N2/c1-4-15-37(16-5-1)39-29-31-43(32-30-39)53(44-24-12-21-41(35-44)38-17-6-2-7-18-38)45-33-34-49-51(36-45)54(42-22-8-3-9-23-42)50-28-14-27-48(52(49)50)47-26-13-20-40-19-10-11-25-46(40)47/h1-36H. The van der Waals surface area contributed by atoms with Crippen molar-refractivity contribution in [1.82, 2.24) is 4.57 Å². The van der Waals surface area contributed by atoms with Gasteiger partial charge in [-0.1, -0.05) is 164 Å². The summed E-state index contributed by atoms with van der Waals surface area (Å²) in [4.78, 5) is 2.39. The molecule has 10 aromatic rings. The maximum atomic E-state index is 2.43. The molecule has 2 heteroatoms. The van der Waals surface area contributed by atoms with Gasteiger partial charge < -0.3 is 9.47 Å². The van der Waals surface area contributed by atoms with Gasteiger partial charge in [0, 0.05) is 33.5 Å². The number of hydrogen-bond donors (Lipinski definition) is 0. The van der Waals surface area contributed by atoms with Gasteiger partial charge in [0.05, 0.1) is 11.0 Å². The summed E-state index contributed by atoms with van der Waals surface area (Å²) in [5, 5.41) is 4.98. The highest BCUT2D eigenvalue weighted by Crippen LogP contribution is 2.44. The molecule has 54 heavy (non-hydrogen) atoms. The summed E-state index contributed by atoms with van der Waals surface area (Å²) in [6.07, 6.45) is 0. The molecule has 0 unspecified atom stereocenters. The van der Waals surface area contributed by atoms with Crippen LogP contribution >= 0.6 is 0 Å². The van der Waals surface area contributed by atoms with Gasteiger partial charge in [0.25, 0.3) is 0 Å². The summed E-state index contributed by atoms with van der Waals surface area (Å²) in [7, 11) is 0. The summed E-state index contributed by atoms with van der Waals surface area (Å²) < 4.78 is 2.43. The van der Waals surface area contributed by atoms with Crippen LogP contribution in [0.25, 0.3) is 71.6 Å². The van der Waals surface area contributed by atoms with E-state index in [4.69, 9.17) is 0 Å². The van der Waals surface area contributed by atoms with Crippen LogP contribution < -0.4 is 4.90 Å². The maximum Gasteiger partial charge on any atom is 0.0562 e. The van der Waals surface area contributed by atoms with Crippen LogP contribution in [-0.2, 0) is 0 Å². The lowest BCUT2D eigenvalue weighted by atomic mass is 9.94. The predicted octanol–water partition coefficient (Wildman–Crippen LogP) is 14.4. The smallest absolute Gasteiger partial charge is 0.0562 e. The Bertz CT molecular complexity index is 2900. The molecule has 2 nitrogen and oxygen atoms in total. The van der Waals surface area contributed by atoms with E-state index in [9.17, 15) is 0 Å². The molecular formula is C52H36N2. The predicted molar refractivity (Wildman–Crippen MR) is 229 cm³/mol. The Morgan fingerprint density at radius 2 is 0.870 bits per heavy atom. The number of benzene rings is 9. The summed E-state index contributed by atoms with van der Waals surface area (Å²) in [6, 6.07) is 78.9. The van der Waals surface area contributed by atoms with Crippen molar-refractivity contribution < 1.29 is 0 Å². The van der Waals surface area contributed by atoms with Crippen LogP contribution in [0.3, 0.4) is 0 Å². The van der Waals surface area contributed by atoms with Crippen LogP contribution in [-0.4, -0.2) is 4.57 Å². The van der Waals surface area contributed by atoms with E-state index >= 15 is 0 Å². The number of rotatable bonds is 7. The second-order valence-electron chi connectivity index (χ2n) is 13.8.